The molecule has 9 rings (SSSR count). The first-order valence-corrected chi connectivity index (χ1v) is 17.2. The zero-order valence-electron chi connectivity index (χ0n) is 40.0. The predicted octanol–water partition coefficient (Wildman–Crippen LogP) is 11.8. The Balaban J connectivity index is 0.000000286. The van der Waals surface area contributed by atoms with Gasteiger partial charge in [0, 0.05) is 51.6 Å². The Labute approximate surface area is 336 Å². The van der Waals surface area contributed by atoms with Gasteiger partial charge in [-0.25, -0.2) is 0 Å². The maximum atomic E-state index is 9.51. The third kappa shape index (κ3) is 7.16. The Morgan fingerprint density at radius 1 is 0.712 bits per heavy atom. The van der Waals surface area contributed by atoms with Crippen LogP contribution in [0, 0.1) is 23.0 Å². The van der Waals surface area contributed by atoms with Crippen LogP contribution in [-0.2, 0) is 57.4 Å². The van der Waals surface area contributed by atoms with Gasteiger partial charge in [0.25, 0.3) is 0 Å². The van der Waals surface area contributed by atoms with Crippen LogP contribution in [0.25, 0.3) is 44.5 Å². The van der Waals surface area contributed by atoms with Gasteiger partial charge in [0.05, 0.1) is 5.58 Å². The minimum atomic E-state index is -2.88. The van der Waals surface area contributed by atoms with Gasteiger partial charge in [0.2, 0.25) is 0 Å². The molecule has 0 bridgehead atoms. The second-order valence-corrected chi connectivity index (χ2v) is 15.1. The van der Waals surface area contributed by atoms with Gasteiger partial charge in [-0.1, -0.05) is 107 Å². The summed E-state index contributed by atoms with van der Waals surface area (Å²) in [5.41, 5.74) is 0.904. The van der Waals surface area contributed by atoms with Gasteiger partial charge in [-0.05, 0) is 99.4 Å². The summed E-state index contributed by atoms with van der Waals surface area (Å²) in [7, 11) is 0. The second-order valence-electron chi connectivity index (χ2n) is 15.1. The quantitative estimate of drug-likeness (QED) is 0.166. The Bertz CT molecular complexity index is 2810. The molecule has 265 valence electrons. The van der Waals surface area contributed by atoms with Crippen molar-refractivity contribution >= 4 is 21.9 Å². The summed E-state index contributed by atoms with van der Waals surface area (Å²) < 4.78 is 98.4. The molecular formula is C48H46IrN2O-2. The predicted molar refractivity (Wildman–Crippen MR) is 210 cm³/mol. The number of nitrogens with zero attached hydrogens (tertiary/aromatic N) is 2. The standard InChI is InChI=1S/C33H30NO.C15H16N.Ir/c1-32(2,3)16-21-13-14-34-29(15-21)27-10-6-9-25-26-12-11-24-19-33(20-28(24)31(26)35-30(25)27)17-22-7-4-5-8-23(22)18-33;1-15(2,3)13-9-10-16-14(11-13)12-7-5-4-6-8-12;/h4-9,11-15H,16-20H2,1-3H3;4-7,9-11H,1-3H3;/q2*-1;/i16D2,17D2,18D2,19D2,20D2;;. The monoisotopic (exact) mass is 869 g/mol. The van der Waals surface area contributed by atoms with E-state index in [-0.39, 0.29) is 58.9 Å². The minimum absolute atomic E-state index is 0. The number of hydrogen-bond donors (Lipinski definition) is 0. The molecule has 0 N–H and O–H groups in total. The van der Waals surface area contributed by atoms with Crippen molar-refractivity contribution in [2.75, 3.05) is 0 Å². The van der Waals surface area contributed by atoms with Crippen molar-refractivity contribution in [3.8, 4) is 22.5 Å². The minimum Gasteiger partial charge on any atom is -0.500 e. The SMILES string of the molecule is CC(C)(C)c1ccnc(-c2[c-]cccc2)c1.[2H]C([2H])(c1ccnc(-c2[c-]ccc3c2oc2c4c(ccc23)C([2H])([2H])C2(C([2H])([2H])c3ccccc3C2([2H])[2H])C4([2H])[2H])c1)C(C)(C)C.[Ir]. The van der Waals surface area contributed by atoms with E-state index < -0.39 is 42.7 Å². The van der Waals surface area contributed by atoms with E-state index in [4.69, 9.17) is 7.16 Å². The maximum absolute atomic E-state index is 9.51. The smallest absolute Gasteiger partial charge is 0.124 e. The molecule has 7 aromatic rings. The molecule has 0 unspecified atom stereocenters. The summed E-state index contributed by atoms with van der Waals surface area (Å²) in [6.07, 6.45) is -9.47. The van der Waals surface area contributed by atoms with E-state index in [1.165, 1.54) is 30.0 Å². The van der Waals surface area contributed by atoms with Crippen molar-refractivity contribution in [1.82, 2.24) is 9.97 Å². The topological polar surface area (TPSA) is 38.9 Å². The molecule has 4 aromatic carbocycles. The van der Waals surface area contributed by atoms with Crippen molar-refractivity contribution in [2.45, 2.75) is 78.8 Å². The average Bonchev–Trinajstić information content (AvgIpc) is 3.71. The molecule has 3 nitrogen and oxygen atoms in total. The van der Waals surface area contributed by atoms with Gasteiger partial charge < -0.3 is 14.4 Å². The van der Waals surface area contributed by atoms with Crippen molar-refractivity contribution < 1.29 is 38.2 Å². The van der Waals surface area contributed by atoms with Crippen LogP contribution in [-0.4, -0.2) is 9.97 Å². The summed E-state index contributed by atoms with van der Waals surface area (Å²) in [5.74, 6) is 0. The number of hydrogen-bond acceptors (Lipinski definition) is 3. The van der Waals surface area contributed by atoms with Crippen LogP contribution in [0.1, 0.15) is 88.6 Å². The summed E-state index contributed by atoms with van der Waals surface area (Å²) in [5, 5.41) is 1.01. The average molecular weight is 869 g/mol. The van der Waals surface area contributed by atoms with Crippen LogP contribution in [0.5, 0.6) is 0 Å². The summed E-state index contributed by atoms with van der Waals surface area (Å²) in [6, 6.07) is 34.1. The van der Waals surface area contributed by atoms with Gasteiger partial charge in [0.1, 0.15) is 5.58 Å². The van der Waals surface area contributed by atoms with Gasteiger partial charge in [0.15, 0.2) is 0 Å². The molecule has 0 amide bonds. The van der Waals surface area contributed by atoms with Crippen molar-refractivity contribution in [2.24, 2.45) is 10.8 Å². The number of fused-ring (bicyclic) bond motifs is 6. The van der Waals surface area contributed by atoms with E-state index in [0.29, 0.717) is 27.6 Å². The largest absolute Gasteiger partial charge is 0.500 e. The van der Waals surface area contributed by atoms with E-state index in [1.807, 2.05) is 51.2 Å². The first-order chi connectivity index (χ1) is 28.3. The van der Waals surface area contributed by atoms with Crippen LogP contribution in [0.4, 0.5) is 0 Å². The normalized spacial score (nSPS) is 21.5. The number of benzene rings is 4. The van der Waals surface area contributed by atoms with Crippen LogP contribution in [0.2, 0.25) is 0 Å². The molecule has 2 aliphatic rings. The molecule has 0 saturated heterocycles. The summed E-state index contributed by atoms with van der Waals surface area (Å²) in [6.45, 7) is 12.1. The zero-order chi connectivity index (χ0) is 44.3. The second kappa shape index (κ2) is 13.9. The molecule has 2 aliphatic carbocycles. The van der Waals surface area contributed by atoms with Crippen molar-refractivity contribution in [1.29, 1.82) is 0 Å². The summed E-state index contributed by atoms with van der Waals surface area (Å²) >= 11 is 0. The Morgan fingerprint density at radius 3 is 2.12 bits per heavy atom. The molecule has 3 heterocycles. The number of furan rings is 1. The summed E-state index contributed by atoms with van der Waals surface area (Å²) in [4.78, 5) is 8.87. The van der Waals surface area contributed by atoms with Gasteiger partial charge in [-0.15, -0.1) is 54.1 Å². The number of rotatable bonds is 3. The number of aromatic nitrogens is 2. The molecule has 0 fully saturated rings. The van der Waals surface area contributed by atoms with Gasteiger partial charge in [-0.2, -0.15) is 0 Å². The van der Waals surface area contributed by atoms with Crippen LogP contribution in [0.3, 0.4) is 0 Å². The van der Waals surface area contributed by atoms with Crippen LogP contribution in [0.15, 0.2) is 114 Å². The molecule has 4 heteroatoms. The Morgan fingerprint density at radius 2 is 1.40 bits per heavy atom. The molecule has 52 heavy (non-hydrogen) atoms. The fourth-order valence-electron chi connectivity index (χ4n) is 6.58. The van der Waals surface area contributed by atoms with E-state index in [9.17, 15) is 11.0 Å². The first-order valence-electron chi connectivity index (χ1n) is 22.2. The molecule has 0 atom stereocenters. The van der Waals surface area contributed by atoms with Crippen LogP contribution >= 0.6 is 0 Å². The van der Waals surface area contributed by atoms with Gasteiger partial charge in [-0.3, -0.25) is 0 Å². The van der Waals surface area contributed by atoms with E-state index in [0.717, 1.165) is 11.3 Å². The van der Waals surface area contributed by atoms with Crippen molar-refractivity contribution in [3.05, 3.63) is 155 Å². The maximum Gasteiger partial charge on any atom is 0.124 e. The van der Waals surface area contributed by atoms with E-state index in [1.54, 1.807) is 42.5 Å². The third-order valence-corrected chi connectivity index (χ3v) is 8.95. The van der Waals surface area contributed by atoms with E-state index in [2.05, 4.69) is 55.0 Å². The Hall–Kier alpha value is -4.37. The molecule has 0 aliphatic heterocycles. The number of pyridine rings is 2. The first kappa shape index (κ1) is 25.6. The molecular weight excluding hydrogens is 813 g/mol. The molecule has 3 aromatic heterocycles. The van der Waals surface area contributed by atoms with Crippen molar-refractivity contribution in [3.63, 3.8) is 0 Å². The fraction of sp³-hybridized carbons (Fsp3) is 0.292. The third-order valence-electron chi connectivity index (χ3n) is 8.95. The zero-order valence-corrected chi connectivity index (χ0v) is 32.4. The Kier molecular flexibility index (Phi) is 6.83. The fourth-order valence-corrected chi connectivity index (χ4v) is 6.58. The molecule has 1 spiro atoms. The van der Waals surface area contributed by atoms with Gasteiger partial charge >= 0.3 is 0 Å². The molecule has 0 saturated carbocycles. The van der Waals surface area contributed by atoms with E-state index >= 15 is 0 Å². The molecule has 1 radical (unpaired) electrons. The van der Waals surface area contributed by atoms with Crippen LogP contribution < -0.4 is 0 Å².